The Morgan fingerprint density at radius 2 is 1.79 bits per heavy atom. The molecule has 0 aliphatic carbocycles. The summed E-state index contributed by atoms with van der Waals surface area (Å²) in [6, 6.07) is 10.7. The predicted molar refractivity (Wildman–Crippen MR) is 133 cm³/mol. The van der Waals surface area contributed by atoms with Crippen LogP contribution in [-0.4, -0.2) is 39.4 Å². The van der Waals surface area contributed by atoms with Gasteiger partial charge in [-0.25, -0.2) is 8.42 Å². The summed E-state index contributed by atoms with van der Waals surface area (Å²) in [5, 5.41) is 2.79. The molecule has 0 radical (unpaired) electrons. The fourth-order valence-electron chi connectivity index (χ4n) is 3.96. The minimum Gasteiger partial charge on any atom is -0.494 e. The van der Waals surface area contributed by atoms with Crippen molar-refractivity contribution in [3.05, 3.63) is 48.0 Å². The number of carbonyl (C=O) groups is 2. The van der Waals surface area contributed by atoms with Crippen LogP contribution < -0.4 is 19.7 Å². The molecular formula is C25H33N3O5S. The van der Waals surface area contributed by atoms with Crippen molar-refractivity contribution < 1.29 is 22.7 Å². The van der Waals surface area contributed by atoms with Crippen molar-refractivity contribution >= 4 is 33.2 Å². The number of nitrogens with one attached hydrogen (secondary N) is 2. The molecule has 2 aromatic rings. The summed E-state index contributed by atoms with van der Waals surface area (Å²) in [5.41, 5.74) is 2.11. The third-order valence-electron chi connectivity index (χ3n) is 5.61. The second-order valence-corrected chi connectivity index (χ2v) is 10.4. The van der Waals surface area contributed by atoms with Crippen LogP contribution >= 0.6 is 0 Å². The summed E-state index contributed by atoms with van der Waals surface area (Å²) in [6.45, 7) is 8.63. The lowest BCUT2D eigenvalue weighted by Gasteiger charge is -2.21. The minimum atomic E-state index is -3.96. The van der Waals surface area contributed by atoms with E-state index >= 15 is 0 Å². The van der Waals surface area contributed by atoms with Crippen molar-refractivity contribution in [1.29, 1.82) is 0 Å². The molecule has 34 heavy (non-hydrogen) atoms. The molecule has 1 atom stereocenters. The van der Waals surface area contributed by atoms with Crippen LogP contribution in [0.2, 0.25) is 0 Å². The van der Waals surface area contributed by atoms with Gasteiger partial charge in [0.15, 0.2) is 0 Å². The standard InChI is InChI=1S/C25H33N3O5S/c1-5-24(29)28-14-13-18-16-21(11-12-23(18)28)34(31,32)27-22(15-17(3)4)25(30)26-19-7-9-20(10-8-19)33-6-2/h7-12,16-17,22,27H,5-6,13-15H2,1-4H3,(H,26,30)/t22-/m0/s1. The van der Waals surface area contributed by atoms with Crippen molar-refractivity contribution in [2.45, 2.75) is 57.9 Å². The number of fused-ring (bicyclic) bond motifs is 1. The van der Waals surface area contributed by atoms with Gasteiger partial charge in [-0.15, -0.1) is 0 Å². The maximum atomic E-state index is 13.2. The van der Waals surface area contributed by atoms with Gasteiger partial charge in [-0.1, -0.05) is 20.8 Å². The summed E-state index contributed by atoms with van der Waals surface area (Å²) < 4.78 is 34.4. The SMILES string of the molecule is CCOc1ccc(NC(=O)[C@H](CC(C)C)NS(=O)(=O)c2ccc3c(c2)CCN3C(=O)CC)cc1. The number of ether oxygens (including phenoxy) is 1. The van der Waals surface area contributed by atoms with E-state index in [0.29, 0.717) is 43.9 Å². The number of rotatable bonds is 10. The van der Waals surface area contributed by atoms with Gasteiger partial charge in [-0.2, -0.15) is 4.72 Å². The van der Waals surface area contributed by atoms with E-state index in [4.69, 9.17) is 4.74 Å². The molecule has 2 amide bonds. The molecule has 0 saturated heterocycles. The second kappa shape index (κ2) is 11.0. The Morgan fingerprint density at radius 3 is 2.41 bits per heavy atom. The monoisotopic (exact) mass is 487 g/mol. The molecule has 0 fully saturated rings. The van der Waals surface area contributed by atoms with E-state index < -0.39 is 22.0 Å². The normalized spacial score (nSPS) is 14.1. The molecule has 0 spiro atoms. The Bertz CT molecular complexity index is 1130. The first-order valence-electron chi connectivity index (χ1n) is 11.6. The molecule has 0 bridgehead atoms. The van der Waals surface area contributed by atoms with E-state index in [1.54, 1.807) is 48.2 Å². The largest absolute Gasteiger partial charge is 0.494 e. The Balaban J connectivity index is 1.77. The third kappa shape index (κ3) is 6.15. The van der Waals surface area contributed by atoms with E-state index in [9.17, 15) is 18.0 Å². The van der Waals surface area contributed by atoms with Crippen LogP contribution in [0.5, 0.6) is 5.75 Å². The lowest BCUT2D eigenvalue weighted by Crippen LogP contribution is -2.44. The first-order chi connectivity index (χ1) is 16.1. The molecule has 184 valence electrons. The topological polar surface area (TPSA) is 105 Å². The van der Waals surface area contributed by atoms with Gasteiger partial charge in [0.05, 0.1) is 11.5 Å². The molecule has 2 N–H and O–H groups in total. The van der Waals surface area contributed by atoms with Crippen LogP contribution in [0.1, 0.15) is 46.1 Å². The molecule has 1 aliphatic heterocycles. The average Bonchev–Trinajstić information content (AvgIpc) is 3.22. The molecule has 9 heteroatoms. The van der Waals surface area contributed by atoms with E-state index in [0.717, 1.165) is 11.3 Å². The van der Waals surface area contributed by atoms with Crippen molar-refractivity contribution in [3.8, 4) is 5.75 Å². The van der Waals surface area contributed by atoms with Crippen molar-refractivity contribution in [2.75, 3.05) is 23.4 Å². The maximum absolute atomic E-state index is 13.2. The van der Waals surface area contributed by atoms with Crippen molar-refractivity contribution in [3.63, 3.8) is 0 Å². The summed E-state index contributed by atoms with van der Waals surface area (Å²) >= 11 is 0. The first kappa shape index (κ1) is 25.7. The zero-order valence-corrected chi connectivity index (χ0v) is 20.9. The molecule has 2 aromatic carbocycles. The minimum absolute atomic E-state index is 0.00967. The van der Waals surface area contributed by atoms with Gasteiger partial charge >= 0.3 is 0 Å². The summed E-state index contributed by atoms with van der Waals surface area (Å²) in [7, 11) is -3.96. The number of sulfonamides is 1. The van der Waals surface area contributed by atoms with Crippen LogP contribution in [0.15, 0.2) is 47.4 Å². The van der Waals surface area contributed by atoms with Crippen molar-refractivity contribution in [2.24, 2.45) is 5.92 Å². The fourth-order valence-corrected chi connectivity index (χ4v) is 5.22. The van der Waals surface area contributed by atoms with Gasteiger partial charge in [0.2, 0.25) is 21.8 Å². The van der Waals surface area contributed by atoms with Crippen LogP contribution in [0, 0.1) is 5.92 Å². The molecule has 8 nitrogen and oxygen atoms in total. The van der Waals surface area contributed by atoms with E-state index in [1.165, 1.54) is 6.07 Å². The summed E-state index contributed by atoms with van der Waals surface area (Å²) in [5.74, 6) is 0.362. The average molecular weight is 488 g/mol. The zero-order valence-electron chi connectivity index (χ0n) is 20.1. The second-order valence-electron chi connectivity index (χ2n) is 8.69. The van der Waals surface area contributed by atoms with Crippen LogP contribution in [0.4, 0.5) is 11.4 Å². The molecule has 0 aromatic heterocycles. The van der Waals surface area contributed by atoms with Crippen LogP contribution in [0.25, 0.3) is 0 Å². The number of benzene rings is 2. The molecule has 1 heterocycles. The summed E-state index contributed by atoms with van der Waals surface area (Å²) in [4.78, 5) is 26.9. The smallest absolute Gasteiger partial charge is 0.242 e. The van der Waals surface area contributed by atoms with Crippen LogP contribution in [-0.2, 0) is 26.0 Å². The maximum Gasteiger partial charge on any atom is 0.242 e. The molecular weight excluding hydrogens is 454 g/mol. The first-order valence-corrected chi connectivity index (χ1v) is 13.1. The van der Waals surface area contributed by atoms with E-state index in [2.05, 4.69) is 10.0 Å². The van der Waals surface area contributed by atoms with Gasteiger partial charge < -0.3 is 15.0 Å². The Hall–Kier alpha value is -2.91. The highest BCUT2D eigenvalue weighted by molar-refractivity contribution is 7.89. The quantitative estimate of drug-likeness (QED) is 0.532. The van der Waals surface area contributed by atoms with Gasteiger partial charge in [-0.05, 0) is 73.7 Å². The Labute approximate surface area is 201 Å². The Morgan fingerprint density at radius 1 is 1.09 bits per heavy atom. The van der Waals surface area contributed by atoms with Gasteiger partial charge in [0.25, 0.3) is 0 Å². The molecule has 0 unspecified atom stereocenters. The molecule has 1 aliphatic rings. The number of hydrogen-bond acceptors (Lipinski definition) is 5. The van der Waals surface area contributed by atoms with Crippen LogP contribution in [0.3, 0.4) is 0 Å². The predicted octanol–water partition coefficient (Wildman–Crippen LogP) is 3.72. The number of nitrogens with zero attached hydrogens (tertiary/aromatic N) is 1. The van der Waals surface area contributed by atoms with Gasteiger partial charge in [0.1, 0.15) is 11.8 Å². The highest BCUT2D eigenvalue weighted by Gasteiger charge is 2.29. The zero-order chi connectivity index (χ0) is 24.9. The highest BCUT2D eigenvalue weighted by atomic mass is 32.2. The van der Waals surface area contributed by atoms with E-state index in [-0.39, 0.29) is 16.7 Å². The highest BCUT2D eigenvalue weighted by Crippen LogP contribution is 2.31. The molecule has 3 rings (SSSR count). The number of hydrogen-bond donors (Lipinski definition) is 2. The van der Waals surface area contributed by atoms with E-state index in [1.807, 2.05) is 20.8 Å². The lowest BCUT2D eigenvalue weighted by molar-refractivity contribution is -0.118. The fraction of sp³-hybridized carbons (Fsp3) is 0.440. The summed E-state index contributed by atoms with van der Waals surface area (Å²) in [6.07, 6.45) is 1.32. The number of amides is 2. The van der Waals surface area contributed by atoms with Gasteiger partial charge in [-0.3, -0.25) is 9.59 Å². The van der Waals surface area contributed by atoms with Crippen molar-refractivity contribution in [1.82, 2.24) is 4.72 Å². The third-order valence-corrected chi connectivity index (χ3v) is 7.08. The number of carbonyl (C=O) groups excluding carboxylic acids is 2. The number of anilines is 2. The lowest BCUT2D eigenvalue weighted by atomic mass is 10.0. The van der Waals surface area contributed by atoms with Gasteiger partial charge in [0, 0.05) is 24.3 Å². The Kier molecular flexibility index (Phi) is 8.33. The molecule has 0 saturated carbocycles.